The molecule has 2 atom stereocenters. The first-order chi connectivity index (χ1) is 9.89. The molecule has 0 amide bonds. The van der Waals surface area contributed by atoms with E-state index >= 15 is 0 Å². The minimum absolute atomic E-state index is 0.00493. The average Bonchev–Trinajstić information content (AvgIpc) is 2.79. The van der Waals surface area contributed by atoms with Crippen molar-refractivity contribution in [2.45, 2.75) is 12.0 Å². The number of anilines is 2. The van der Waals surface area contributed by atoms with E-state index in [0.717, 1.165) is 0 Å². The number of allylic oxidation sites excluding steroid dienone is 1. The molecule has 1 saturated heterocycles. The number of carboxylic acid groups (broad SMARTS) is 1. The molecule has 21 heavy (non-hydrogen) atoms. The van der Waals surface area contributed by atoms with Gasteiger partial charge in [0.15, 0.2) is 5.54 Å². The summed E-state index contributed by atoms with van der Waals surface area (Å²) in [5.41, 5.74) is 10.7. The second-order valence-electron chi connectivity index (χ2n) is 4.94. The molecule has 1 aromatic rings. The van der Waals surface area contributed by atoms with Gasteiger partial charge in [-0.3, -0.25) is 14.4 Å². The van der Waals surface area contributed by atoms with Gasteiger partial charge in [-0.1, -0.05) is 11.2 Å². The number of carbonyl (C=O) groups is 1. The average molecular weight is 291 g/mol. The summed E-state index contributed by atoms with van der Waals surface area (Å²) in [6.45, 7) is 3.49. The minimum Gasteiger partial charge on any atom is -0.481 e. The second-order valence-corrected chi connectivity index (χ2v) is 4.94. The van der Waals surface area contributed by atoms with Gasteiger partial charge in [0.2, 0.25) is 0 Å². The Balaban J connectivity index is 2.46. The topological polar surface area (TPSA) is 149 Å². The van der Waals surface area contributed by atoms with Gasteiger partial charge >= 0.3 is 5.97 Å². The van der Waals surface area contributed by atoms with E-state index in [0.29, 0.717) is 0 Å². The maximum absolute atomic E-state index is 11.6. The first-order valence-corrected chi connectivity index (χ1v) is 6.13. The number of rotatable bonds is 5. The zero-order valence-electron chi connectivity index (χ0n) is 11.0. The van der Waals surface area contributed by atoms with Crippen LogP contribution in [0.25, 0.3) is 10.4 Å². The van der Waals surface area contributed by atoms with Crippen LogP contribution in [0.15, 0.2) is 27.4 Å². The van der Waals surface area contributed by atoms with Gasteiger partial charge in [-0.15, -0.1) is 6.58 Å². The van der Waals surface area contributed by atoms with E-state index in [-0.39, 0.29) is 30.9 Å². The predicted octanol–water partition coefficient (Wildman–Crippen LogP) is 0.0108. The standard InChI is InChI=1S/C12H13N5O4/c1-2-3-6-4-17(8-7(13)9(18)10(8)19)5-12(6,11(20)21)15-16-14/h2,6H,1,3-5,13H2,(H,20,21). The molecule has 0 aromatic heterocycles. The molecule has 0 radical (unpaired) electrons. The third kappa shape index (κ3) is 1.95. The number of nitrogens with two attached hydrogens (primary N) is 1. The lowest BCUT2D eigenvalue weighted by atomic mass is 9.85. The van der Waals surface area contributed by atoms with Crippen LogP contribution in [0.5, 0.6) is 0 Å². The summed E-state index contributed by atoms with van der Waals surface area (Å²) in [7, 11) is 0. The van der Waals surface area contributed by atoms with Gasteiger partial charge in [-0.2, -0.15) is 0 Å². The molecule has 0 saturated carbocycles. The summed E-state index contributed by atoms with van der Waals surface area (Å²) in [4.78, 5) is 38.3. The van der Waals surface area contributed by atoms with Crippen LogP contribution in [-0.4, -0.2) is 29.7 Å². The molecule has 2 rings (SSSR count). The van der Waals surface area contributed by atoms with Crippen molar-refractivity contribution in [2.75, 3.05) is 23.7 Å². The lowest BCUT2D eigenvalue weighted by molar-refractivity contribution is -0.143. The normalized spacial score (nSPS) is 24.8. The lowest BCUT2D eigenvalue weighted by Gasteiger charge is -2.24. The Hall–Kier alpha value is -2.80. The highest BCUT2D eigenvalue weighted by Gasteiger charge is 2.53. The Bertz CT molecular complexity index is 724. The largest absolute Gasteiger partial charge is 0.481 e. The van der Waals surface area contributed by atoms with Gasteiger partial charge in [0.25, 0.3) is 10.9 Å². The number of azide groups is 1. The van der Waals surface area contributed by atoms with E-state index < -0.39 is 28.3 Å². The van der Waals surface area contributed by atoms with Crippen LogP contribution in [0.1, 0.15) is 6.42 Å². The van der Waals surface area contributed by atoms with Crippen molar-refractivity contribution >= 4 is 17.3 Å². The number of hydrogen-bond donors (Lipinski definition) is 2. The molecule has 0 aliphatic carbocycles. The molecule has 9 heteroatoms. The van der Waals surface area contributed by atoms with Gasteiger partial charge in [-0.05, 0) is 12.0 Å². The van der Waals surface area contributed by atoms with Crippen LogP contribution >= 0.6 is 0 Å². The van der Waals surface area contributed by atoms with Gasteiger partial charge in [0.05, 0.1) is 0 Å². The van der Waals surface area contributed by atoms with E-state index in [1.807, 2.05) is 0 Å². The molecule has 9 nitrogen and oxygen atoms in total. The van der Waals surface area contributed by atoms with Crippen LogP contribution in [0.4, 0.5) is 11.4 Å². The van der Waals surface area contributed by atoms with E-state index in [4.69, 9.17) is 11.3 Å². The zero-order chi connectivity index (χ0) is 15.8. The molecular formula is C12H13N5O4. The highest BCUT2D eigenvalue weighted by molar-refractivity contribution is 5.83. The maximum Gasteiger partial charge on any atom is 0.317 e. The van der Waals surface area contributed by atoms with Crippen molar-refractivity contribution in [2.24, 2.45) is 11.0 Å². The zero-order valence-corrected chi connectivity index (χ0v) is 11.0. The third-order valence-electron chi connectivity index (χ3n) is 3.83. The van der Waals surface area contributed by atoms with Gasteiger partial charge in [0.1, 0.15) is 11.4 Å². The van der Waals surface area contributed by atoms with Crippen molar-refractivity contribution < 1.29 is 9.90 Å². The smallest absolute Gasteiger partial charge is 0.317 e. The summed E-state index contributed by atoms with van der Waals surface area (Å²) in [5.74, 6) is -1.85. The van der Waals surface area contributed by atoms with Gasteiger partial charge < -0.3 is 15.7 Å². The predicted molar refractivity (Wildman–Crippen MR) is 75.8 cm³/mol. The summed E-state index contributed by atoms with van der Waals surface area (Å²) in [5, 5.41) is 12.9. The van der Waals surface area contributed by atoms with E-state index in [9.17, 15) is 19.5 Å². The number of nitrogens with zero attached hydrogens (tertiary/aromatic N) is 4. The SMILES string of the molecule is C=CCC1CN(c2c(N)c(=O)c2=O)CC1(N=[N+]=[N-])C(=O)O. The Morgan fingerprint density at radius 3 is 2.76 bits per heavy atom. The summed E-state index contributed by atoms with van der Waals surface area (Å²) in [6, 6.07) is 0. The second kappa shape index (κ2) is 4.95. The number of nitrogen functional groups attached to an aromatic ring is 1. The van der Waals surface area contributed by atoms with Crippen molar-refractivity contribution in [1.82, 2.24) is 0 Å². The molecule has 1 aromatic carbocycles. The fraction of sp³-hybridized carbons (Fsp3) is 0.417. The first kappa shape index (κ1) is 14.6. The van der Waals surface area contributed by atoms with E-state index in [1.165, 1.54) is 11.0 Å². The Labute approximate surface area is 118 Å². The number of hydrogen-bond acceptors (Lipinski definition) is 6. The Kier molecular flexibility index (Phi) is 3.44. The maximum atomic E-state index is 11.6. The number of aliphatic carboxylic acids is 1. The third-order valence-corrected chi connectivity index (χ3v) is 3.83. The molecular weight excluding hydrogens is 278 g/mol. The van der Waals surface area contributed by atoms with Crippen LogP contribution in [0.3, 0.4) is 0 Å². The summed E-state index contributed by atoms with van der Waals surface area (Å²) < 4.78 is 0. The minimum atomic E-state index is -1.71. The van der Waals surface area contributed by atoms with Crippen LogP contribution in [-0.2, 0) is 4.79 Å². The highest BCUT2D eigenvalue weighted by Crippen LogP contribution is 2.37. The van der Waals surface area contributed by atoms with Crippen LogP contribution < -0.4 is 21.5 Å². The van der Waals surface area contributed by atoms with E-state index in [2.05, 4.69) is 16.6 Å². The molecule has 1 aliphatic heterocycles. The van der Waals surface area contributed by atoms with Gasteiger partial charge in [-0.25, -0.2) is 0 Å². The number of carboxylic acids is 1. The summed E-state index contributed by atoms with van der Waals surface area (Å²) >= 11 is 0. The molecule has 0 spiro atoms. The fourth-order valence-electron chi connectivity index (χ4n) is 2.73. The van der Waals surface area contributed by atoms with Crippen LogP contribution in [0, 0.1) is 5.92 Å². The lowest BCUT2D eigenvalue weighted by Crippen LogP contribution is -2.46. The summed E-state index contributed by atoms with van der Waals surface area (Å²) in [6.07, 6.45) is 1.81. The molecule has 0 bridgehead atoms. The van der Waals surface area contributed by atoms with Crippen molar-refractivity contribution in [3.8, 4) is 0 Å². The monoisotopic (exact) mass is 291 g/mol. The molecule has 1 fully saturated rings. The van der Waals surface area contributed by atoms with Crippen LogP contribution in [0.2, 0.25) is 0 Å². The fourth-order valence-corrected chi connectivity index (χ4v) is 2.73. The molecule has 2 unspecified atom stereocenters. The quantitative estimate of drug-likeness (QED) is 0.256. The molecule has 1 aliphatic rings. The Morgan fingerprint density at radius 1 is 1.62 bits per heavy atom. The van der Waals surface area contributed by atoms with Crippen molar-refractivity contribution in [3.63, 3.8) is 0 Å². The molecule has 1 heterocycles. The molecule has 110 valence electrons. The first-order valence-electron chi connectivity index (χ1n) is 6.13. The van der Waals surface area contributed by atoms with Crippen molar-refractivity contribution in [3.05, 3.63) is 43.5 Å². The Morgan fingerprint density at radius 2 is 2.29 bits per heavy atom. The molecule has 3 N–H and O–H groups in total. The van der Waals surface area contributed by atoms with Gasteiger partial charge in [0, 0.05) is 23.9 Å². The van der Waals surface area contributed by atoms with E-state index in [1.54, 1.807) is 0 Å². The highest BCUT2D eigenvalue weighted by atomic mass is 16.4. The van der Waals surface area contributed by atoms with Crippen molar-refractivity contribution in [1.29, 1.82) is 0 Å².